The lowest BCUT2D eigenvalue weighted by Crippen LogP contribution is -2.35. The molecule has 0 bridgehead atoms. The van der Waals surface area contributed by atoms with Gasteiger partial charge in [-0.25, -0.2) is 4.79 Å². The SMILES string of the molecule is CCCN(CCC)C(=S)Nc1ccc(C(=O)OCC)cc1. The predicted octanol–water partition coefficient (Wildman–Crippen LogP) is 3.68. The van der Waals surface area contributed by atoms with Crippen molar-refractivity contribution in [1.82, 2.24) is 4.90 Å². The van der Waals surface area contributed by atoms with Crippen molar-refractivity contribution in [2.45, 2.75) is 33.6 Å². The van der Waals surface area contributed by atoms with E-state index >= 15 is 0 Å². The Bertz CT molecular complexity index is 454. The Balaban J connectivity index is 2.65. The zero-order chi connectivity index (χ0) is 15.7. The molecule has 1 rings (SSSR count). The van der Waals surface area contributed by atoms with Crippen molar-refractivity contribution in [3.63, 3.8) is 0 Å². The van der Waals surface area contributed by atoms with Gasteiger partial charge in [0.25, 0.3) is 0 Å². The van der Waals surface area contributed by atoms with Gasteiger partial charge in [-0.3, -0.25) is 0 Å². The monoisotopic (exact) mass is 308 g/mol. The van der Waals surface area contributed by atoms with E-state index in [9.17, 15) is 4.79 Å². The summed E-state index contributed by atoms with van der Waals surface area (Å²) in [5.41, 5.74) is 1.43. The van der Waals surface area contributed by atoms with E-state index < -0.39 is 0 Å². The highest BCUT2D eigenvalue weighted by molar-refractivity contribution is 7.80. The van der Waals surface area contributed by atoms with Crippen LogP contribution in [0.1, 0.15) is 44.0 Å². The van der Waals surface area contributed by atoms with Crippen LogP contribution in [0.5, 0.6) is 0 Å². The molecule has 4 nitrogen and oxygen atoms in total. The number of carbonyl (C=O) groups is 1. The molecule has 1 aromatic rings. The van der Waals surface area contributed by atoms with E-state index in [0.717, 1.165) is 36.7 Å². The van der Waals surface area contributed by atoms with Gasteiger partial charge in [-0.2, -0.15) is 0 Å². The van der Waals surface area contributed by atoms with Crippen LogP contribution in [0.3, 0.4) is 0 Å². The summed E-state index contributed by atoms with van der Waals surface area (Å²) in [7, 11) is 0. The third kappa shape index (κ3) is 5.71. The van der Waals surface area contributed by atoms with E-state index in [2.05, 4.69) is 24.1 Å². The Morgan fingerprint density at radius 1 is 1.14 bits per heavy atom. The lowest BCUT2D eigenvalue weighted by molar-refractivity contribution is 0.0526. The second-order valence-corrected chi connectivity index (χ2v) is 5.10. The number of esters is 1. The average Bonchev–Trinajstić information content (AvgIpc) is 2.48. The molecule has 0 fully saturated rings. The number of thiocarbonyl (C=S) groups is 1. The highest BCUT2D eigenvalue weighted by Gasteiger charge is 2.09. The molecule has 1 aromatic carbocycles. The van der Waals surface area contributed by atoms with Gasteiger partial charge >= 0.3 is 5.97 Å². The molecule has 0 atom stereocenters. The van der Waals surface area contributed by atoms with E-state index in [1.165, 1.54) is 0 Å². The highest BCUT2D eigenvalue weighted by Crippen LogP contribution is 2.12. The van der Waals surface area contributed by atoms with Gasteiger partial charge in [0.05, 0.1) is 12.2 Å². The standard InChI is InChI=1S/C16H24N2O2S/c1-4-11-18(12-5-2)16(21)17-14-9-7-13(8-10-14)15(19)20-6-3/h7-10H,4-6,11-12H2,1-3H3,(H,17,21). The van der Waals surface area contributed by atoms with Gasteiger partial charge in [-0.15, -0.1) is 0 Å². The van der Waals surface area contributed by atoms with Crippen LogP contribution in [0.25, 0.3) is 0 Å². The summed E-state index contributed by atoms with van der Waals surface area (Å²) in [6.45, 7) is 8.34. The molecule has 0 amide bonds. The van der Waals surface area contributed by atoms with Crippen molar-refractivity contribution in [3.8, 4) is 0 Å². The van der Waals surface area contributed by atoms with Crippen molar-refractivity contribution in [3.05, 3.63) is 29.8 Å². The summed E-state index contributed by atoms with van der Waals surface area (Å²) in [5.74, 6) is -0.301. The maximum Gasteiger partial charge on any atom is 0.338 e. The normalized spacial score (nSPS) is 10.0. The Labute approximate surface area is 132 Å². The summed E-state index contributed by atoms with van der Waals surface area (Å²) < 4.78 is 4.96. The van der Waals surface area contributed by atoms with Crippen molar-refractivity contribution < 1.29 is 9.53 Å². The lowest BCUT2D eigenvalue weighted by Gasteiger charge is -2.25. The number of hydrogen-bond acceptors (Lipinski definition) is 3. The molecule has 21 heavy (non-hydrogen) atoms. The van der Waals surface area contributed by atoms with Gasteiger partial charge in [-0.1, -0.05) is 13.8 Å². The second kappa shape index (κ2) is 9.34. The van der Waals surface area contributed by atoms with E-state index in [4.69, 9.17) is 17.0 Å². The van der Waals surface area contributed by atoms with Gasteiger partial charge in [-0.05, 0) is 56.2 Å². The smallest absolute Gasteiger partial charge is 0.338 e. The Hall–Kier alpha value is -1.62. The number of anilines is 1. The Morgan fingerprint density at radius 2 is 1.71 bits per heavy atom. The van der Waals surface area contributed by atoms with Crippen LogP contribution < -0.4 is 5.32 Å². The molecule has 0 aliphatic carbocycles. The quantitative estimate of drug-likeness (QED) is 0.615. The molecule has 5 heteroatoms. The van der Waals surface area contributed by atoms with Crippen LogP contribution in [0.15, 0.2) is 24.3 Å². The zero-order valence-electron chi connectivity index (χ0n) is 13.0. The van der Waals surface area contributed by atoms with Crippen LogP contribution in [0.4, 0.5) is 5.69 Å². The van der Waals surface area contributed by atoms with Crippen molar-refractivity contribution in [1.29, 1.82) is 0 Å². The summed E-state index contributed by atoms with van der Waals surface area (Å²) in [4.78, 5) is 13.7. The fourth-order valence-corrected chi connectivity index (χ4v) is 2.26. The molecule has 0 aliphatic heterocycles. The van der Waals surface area contributed by atoms with E-state index in [1.54, 1.807) is 19.1 Å². The molecular formula is C16H24N2O2S. The first-order valence-electron chi connectivity index (χ1n) is 7.45. The molecule has 0 unspecified atom stereocenters. The van der Waals surface area contributed by atoms with Gasteiger partial charge < -0.3 is 15.0 Å². The van der Waals surface area contributed by atoms with Crippen molar-refractivity contribution in [2.24, 2.45) is 0 Å². The van der Waals surface area contributed by atoms with Gasteiger partial charge in [0.1, 0.15) is 0 Å². The third-order valence-corrected chi connectivity index (χ3v) is 3.28. The summed E-state index contributed by atoms with van der Waals surface area (Å²) in [6, 6.07) is 7.17. The summed E-state index contributed by atoms with van der Waals surface area (Å²) in [6.07, 6.45) is 2.12. The summed E-state index contributed by atoms with van der Waals surface area (Å²) >= 11 is 5.44. The Morgan fingerprint density at radius 3 is 2.19 bits per heavy atom. The number of rotatable bonds is 7. The van der Waals surface area contributed by atoms with Gasteiger partial charge in [0, 0.05) is 18.8 Å². The fourth-order valence-electron chi connectivity index (χ4n) is 1.96. The largest absolute Gasteiger partial charge is 0.462 e. The number of nitrogens with one attached hydrogen (secondary N) is 1. The summed E-state index contributed by atoms with van der Waals surface area (Å²) in [5, 5.41) is 3.94. The zero-order valence-corrected chi connectivity index (χ0v) is 13.8. The average molecular weight is 308 g/mol. The molecule has 0 heterocycles. The number of benzene rings is 1. The van der Waals surface area contributed by atoms with Crippen LogP contribution in [0.2, 0.25) is 0 Å². The minimum Gasteiger partial charge on any atom is -0.462 e. The van der Waals surface area contributed by atoms with E-state index in [0.29, 0.717) is 12.2 Å². The minimum absolute atomic E-state index is 0.301. The Kier molecular flexibility index (Phi) is 7.75. The van der Waals surface area contributed by atoms with Crippen molar-refractivity contribution in [2.75, 3.05) is 25.0 Å². The number of hydrogen-bond donors (Lipinski definition) is 1. The molecule has 116 valence electrons. The maximum absolute atomic E-state index is 11.6. The molecule has 0 saturated carbocycles. The molecule has 0 aliphatic rings. The topological polar surface area (TPSA) is 41.6 Å². The molecule has 0 aromatic heterocycles. The number of nitrogens with zero attached hydrogens (tertiary/aromatic N) is 1. The predicted molar refractivity (Wildman–Crippen MR) is 90.8 cm³/mol. The fraction of sp³-hybridized carbons (Fsp3) is 0.500. The molecule has 0 radical (unpaired) electrons. The van der Waals surface area contributed by atoms with E-state index in [1.807, 2.05) is 12.1 Å². The first kappa shape index (κ1) is 17.4. The van der Waals surface area contributed by atoms with Crippen molar-refractivity contribution >= 4 is 29.0 Å². The van der Waals surface area contributed by atoms with Gasteiger partial charge in [0.15, 0.2) is 5.11 Å². The first-order valence-corrected chi connectivity index (χ1v) is 7.86. The van der Waals surface area contributed by atoms with E-state index in [-0.39, 0.29) is 5.97 Å². The third-order valence-electron chi connectivity index (χ3n) is 2.92. The molecule has 0 spiro atoms. The molecule has 1 N–H and O–H groups in total. The molecule has 0 saturated heterocycles. The number of carbonyl (C=O) groups excluding carboxylic acids is 1. The highest BCUT2D eigenvalue weighted by atomic mass is 32.1. The molecular weight excluding hydrogens is 284 g/mol. The second-order valence-electron chi connectivity index (χ2n) is 4.72. The lowest BCUT2D eigenvalue weighted by atomic mass is 10.2. The van der Waals surface area contributed by atoms with Crippen LogP contribution in [-0.2, 0) is 4.74 Å². The van der Waals surface area contributed by atoms with Gasteiger partial charge in [0.2, 0.25) is 0 Å². The minimum atomic E-state index is -0.301. The number of ether oxygens (including phenoxy) is 1. The first-order chi connectivity index (χ1) is 10.1. The maximum atomic E-state index is 11.6. The van der Waals surface area contributed by atoms with Crippen LogP contribution in [-0.4, -0.2) is 35.7 Å². The van der Waals surface area contributed by atoms with Crippen LogP contribution in [0, 0.1) is 0 Å². The van der Waals surface area contributed by atoms with Crippen LogP contribution >= 0.6 is 12.2 Å².